The van der Waals surface area contributed by atoms with Gasteiger partial charge >= 0.3 is 21.5 Å². The topological polar surface area (TPSA) is 257 Å². The van der Waals surface area contributed by atoms with Crippen molar-refractivity contribution in [3.05, 3.63) is 33.1 Å². The summed E-state index contributed by atoms with van der Waals surface area (Å²) in [4.78, 5) is 34.9. The molecule has 7 N–H and O–H groups in total. The number of rotatable bonds is 9. The number of aromatic nitrogens is 2. The molecular weight excluding hydrogens is 522 g/mol. The number of H-pyrrole nitrogens is 1. The second-order valence-corrected chi connectivity index (χ2v) is 10.9. The molecule has 1 aromatic rings. The molecule has 4 rings (SSSR count). The van der Waals surface area contributed by atoms with E-state index in [1.807, 2.05) is 4.98 Å². The van der Waals surface area contributed by atoms with Gasteiger partial charge in [0.15, 0.2) is 6.23 Å². The second kappa shape index (κ2) is 9.79. The minimum absolute atomic E-state index is 0.572. The molecule has 19 heteroatoms. The van der Waals surface area contributed by atoms with Crippen LogP contribution in [0, 0.1) is 0 Å². The first kappa shape index (κ1) is 26.6. The highest BCUT2D eigenvalue weighted by Gasteiger charge is 2.68. The van der Waals surface area contributed by atoms with E-state index >= 15 is 0 Å². The molecule has 196 valence electrons. The van der Waals surface area contributed by atoms with E-state index in [9.17, 15) is 49.1 Å². The molecule has 0 amide bonds. The third-order valence-electron chi connectivity index (χ3n) is 5.75. The summed E-state index contributed by atoms with van der Waals surface area (Å²) in [6, 6.07) is 0.975. The normalized spacial score (nSPS) is 40.7. The van der Waals surface area contributed by atoms with Crippen LogP contribution in [0.4, 0.5) is 0 Å². The van der Waals surface area contributed by atoms with Crippen LogP contribution in [0.1, 0.15) is 6.23 Å². The number of phosphoric acid groups is 1. The van der Waals surface area contributed by atoms with Gasteiger partial charge in [-0.1, -0.05) is 0 Å². The number of aliphatic hydroxyl groups excluding tert-OH is 5. The Morgan fingerprint density at radius 1 is 1.14 bits per heavy atom. The number of hydrogen-bond acceptors (Lipinski definition) is 14. The van der Waals surface area contributed by atoms with Crippen molar-refractivity contribution < 1.29 is 62.6 Å². The van der Waals surface area contributed by atoms with E-state index in [1.54, 1.807) is 0 Å². The molecule has 3 aliphatic rings. The number of aromatic amines is 1. The van der Waals surface area contributed by atoms with Gasteiger partial charge < -0.3 is 44.6 Å². The summed E-state index contributed by atoms with van der Waals surface area (Å²) in [6.07, 6.45) is -11.3. The zero-order chi connectivity index (χ0) is 25.7. The van der Waals surface area contributed by atoms with Gasteiger partial charge in [-0.2, -0.15) is 0 Å². The fourth-order valence-electron chi connectivity index (χ4n) is 4.07. The minimum atomic E-state index is -5.07. The van der Waals surface area contributed by atoms with E-state index < -0.39 is 101 Å². The standard InChI is InChI=1S/C16H22N2O15P2/c19-3-6-12-11(23)13(24)16(31-6,32-12)5-34(26)33-35(27,28)29-4-7-9(21)10(22)14(30-7)18-2-1-8(20)17-15(18)25/h1-2,6-7,9-14,19,21-24H,3-5H2,(H-,17,20,25,27,28)/p+1/t6-,7-,9-,10-,11+,12+,13-,14-,16-/m1/s1. The van der Waals surface area contributed by atoms with Crippen molar-refractivity contribution in [1.29, 1.82) is 0 Å². The SMILES string of the molecule is O=c1ccn([C@@H]2O[C@H](COP(=O)(O)O[P+](=O)C[C@@]34O[C@H]([C@H](O)[C@H]3O)[C@@H](CO)O4)[C@@H](O)[C@H]2O)c(=O)[nH]1. The number of ether oxygens (including phenoxy) is 3. The summed E-state index contributed by atoms with van der Waals surface area (Å²) in [5.41, 5.74) is -1.65. The Labute approximate surface area is 195 Å². The van der Waals surface area contributed by atoms with Gasteiger partial charge in [0.2, 0.25) is 11.9 Å². The molecule has 3 aliphatic heterocycles. The highest BCUT2D eigenvalue weighted by atomic mass is 31.2. The molecule has 0 radical (unpaired) electrons. The third kappa shape index (κ3) is 5.06. The van der Waals surface area contributed by atoms with Crippen molar-refractivity contribution >= 4 is 15.9 Å². The molecule has 0 aromatic carbocycles. The fraction of sp³-hybridized carbons (Fsp3) is 0.750. The molecule has 0 aliphatic carbocycles. The first-order valence-corrected chi connectivity index (χ1v) is 13.0. The Balaban J connectivity index is 1.35. The van der Waals surface area contributed by atoms with Crippen LogP contribution in [0.25, 0.3) is 0 Å². The lowest BCUT2D eigenvalue weighted by atomic mass is 9.99. The summed E-state index contributed by atoms with van der Waals surface area (Å²) in [7, 11) is -8.17. The monoisotopic (exact) mass is 545 g/mol. The Hall–Kier alpha value is -1.43. The first-order chi connectivity index (χ1) is 16.4. The highest BCUT2D eigenvalue weighted by Crippen LogP contribution is 2.55. The number of nitrogens with zero attached hydrogens (tertiary/aromatic N) is 1. The van der Waals surface area contributed by atoms with E-state index in [-0.39, 0.29) is 0 Å². The lowest BCUT2D eigenvalue weighted by molar-refractivity contribution is -0.209. The number of hydrogen-bond donors (Lipinski definition) is 7. The van der Waals surface area contributed by atoms with Crippen LogP contribution < -0.4 is 11.2 Å². The van der Waals surface area contributed by atoms with Crippen molar-refractivity contribution in [1.82, 2.24) is 9.55 Å². The van der Waals surface area contributed by atoms with Crippen LogP contribution in [0.3, 0.4) is 0 Å². The van der Waals surface area contributed by atoms with Crippen LogP contribution in [0.2, 0.25) is 0 Å². The van der Waals surface area contributed by atoms with E-state index in [0.717, 1.165) is 16.8 Å². The zero-order valence-electron chi connectivity index (χ0n) is 17.6. The van der Waals surface area contributed by atoms with Crippen LogP contribution in [0.5, 0.6) is 0 Å². The van der Waals surface area contributed by atoms with Crippen LogP contribution in [-0.4, -0.2) is 108 Å². The molecule has 3 fully saturated rings. The van der Waals surface area contributed by atoms with Gasteiger partial charge in [-0.15, -0.1) is 0 Å². The van der Waals surface area contributed by atoms with Crippen molar-refractivity contribution in [2.45, 2.75) is 54.7 Å². The molecule has 0 spiro atoms. The maximum Gasteiger partial charge on any atom is 0.524 e. The second-order valence-electron chi connectivity index (χ2n) is 8.07. The van der Waals surface area contributed by atoms with Crippen molar-refractivity contribution in [3.8, 4) is 0 Å². The van der Waals surface area contributed by atoms with Gasteiger partial charge in [0, 0.05) is 12.3 Å². The van der Waals surface area contributed by atoms with Gasteiger partial charge in [-0.3, -0.25) is 18.9 Å². The molecule has 2 bridgehead atoms. The largest absolute Gasteiger partial charge is 0.524 e. The van der Waals surface area contributed by atoms with Gasteiger partial charge in [0.1, 0.15) is 42.7 Å². The van der Waals surface area contributed by atoms with E-state index in [4.69, 9.17) is 18.7 Å². The molecule has 4 heterocycles. The molecule has 1 aromatic heterocycles. The fourth-order valence-corrected chi connectivity index (χ4v) is 6.45. The minimum Gasteiger partial charge on any atom is -0.394 e. The predicted octanol–water partition coefficient (Wildman–Crippen LogP) is -3.76. The van der Waals surface area contributed by atoms with E-state index in [0.29, 0.717) is 0 Å². The van der Waals surface area contributed by atoms with E-state index in [1.165, 1.54) is 0 Å². The molecule has 0 saturated carbocycles. The lowest BCUT2D eigenvalue weighted by Gasteiger charge is -2.30. The maximum absolute atomic E-state index is 12.4. The number of nitrogens with one attached hydrogen (secondary N) is 1. The molecule has 2 unspecified atom stereocenters. The van der Waals surface area contributed by atoms with Crippen molar-refractivity contribution in [2.75, 3.05) is 19.4 Å². The molecule has 35 heavy (non-hydrogen) atoms. The molecule has 17 nitrogen and oxygen atoms in total. The zero-order valence-corrected chi connectivity index (χ0v) is 19.4. The summed E-state index contributed by atoms with van der Waals surface area (Å²) in [5.74, 6) is -2.04. The van der Waals surface area contributed by atoms with Gasteiger partial charge in [0.25, 0.3) is 5.56 Å². The predicted molar refractivity (Wildman–Crippen MR) is 108 cm³/mol. The quantitative estimate of drug-likeness (QED) is 0.147. The van der Waals surface area contributed by atoms with Gasteiger partial charge in [0.05, 0.1) is 13.2 Å². The first-order valence-electron chi connectivity index (χ1n) is 10.1. The van der Waals surface area contributed by atoms with Crippen LogP contribution >= 0.6 is 15.9 Å². The summed E-state index contributed by atoms with van der Waals surface area (Å²) in [5, 5.41) is 49.7. The average Bonchev–Trinajstić information content (AvgIpc) is 3.36. The van der Waals surface area contributed by atoms with E-state index in [2.05, 4.69) is 4.31 Å². The Morgan fingerprint density at radius 2 is 1.86 bits per heavy atom. The third-order valence-corrected chi connectivity index (χ3v) is 8.48. The lowest BCUT2D eigenvalue weighted by Crippen LogP contribution is -2.54. The molecular formula is C16H23N2O15P2+. The van der Waals surface area contributed by atoms with Crippen LogP contribution in [0.15, 0.2) is 21.9 Å². The number of phosphoric ester groups is 1. The Bertz CT molecular complexity index is 1120. The number of fused-ring (bicyclic) bond motifs is 2. The summed E-state index contributed by atoms with van der Waals surface area (Å²) in [6.45, 7) is -1.42. The number of aliphatic hydroxyl groups is 5. The smallest absolute Gasteiger partial charge is 0.394 e. The van der Waals surface area contributed by atoms with Crippen molar-refractivity contribution in [3.63, 3.8) is 0 Å². The Kier molecular flexibility index (Phi) is 7.45. The average molecular weight is 545 g/mol. The maximum atomic E-state index is 12.4. The van der Waals surface area contributed by atoms with Gasteiger partial charge in [-0.05, 0) is 8.88 Å². The summed E-state index contributed by atoms with van der Waals surface area (Å²) < 4.78 is 50.6. The van der Waals surface area contributed by atoms with Gasteiger partial charge in [-0.25, -0.2) is 9.36 Å². The van der Waals surface area contributed by atoms with Crippen LogP contribution in [-0.2, 0) is 32.2 Å². The summed E-state index contributed by atoms with van der Waals surface area (Å²) >= 11 is 0. The van der Waals surface area contributed by atoms with Crippen molar-refractivity contribution in [2.24, 2.45) is 0 Å². The molecule has 11 atom stereocenters. The highest BCUT2D eigenvalue weighted by molar-refractivity contribution is 7.57. The molecule has 3 saturated heterocycles. The Morgan fingerprint density at radius 3 is 2.51 bits per heavy atom.